The Morgan fingerprint density at radius 1 is 1.43 bits per heavy atom. The van der Waals surface area contributed by atoms with Crippen molar-refractivity contribution in [3.8, 4) is 6.07 Å². The molecule has 23 heavy (non-hydrogen) atoms. The van der Waals surface area contributed by atoms with Crippen molar-refractivity contribution in [2.45, 2.75) is 45.1 Å². The van der Waals surface area contributed by atoms with Crippen LogP contribution in [-0.2, 0) is 10.2 Å². The van der Waals surface area contributed by atoms with Gasteiger partial charge < -0.3 is 10.6 Å². The molecule has 5 nitrogen and oxygen atoms in total. The van der Waals surface area contributed by atoms with Gasteiger partial charge in [-0.25, -0.2) is 0 Å². The lowest BCUT2D eigenvalue weighted by atomic mass is 9.85. The van der Waals surface area contributed by atoms with Gasteiger partial charge in [0.15, 0.2) is 0 Å². The van der Waals surface area contributed by atoms with Gasteiger partial charge in [-0.2, -0.15) is 5.26 Å². The highest BCUT2D eigenvalue weighted by molar-refractivity contribution is 6.00. The van der Waals surface area contributed by atoms with E-state index in [1.165, 1.54) is 0 Å². The molecule has 1 aromatic carbocycles. The second-order valence-corrected chi connectivity index (χ2v) is 6.78. The third-order valence-electron chi connectivity index (χ3n) is 3.91. The third kappa shape index (κ3) is 3.78. The normalized spacial score (nSPS) is 18.1. The van der Waals surface area contributed by atoms with Gasteiger partial charge in [-0.1, -0.05) is 33.4 Å². The van der Waals surface area contributed by atoms with Crippen molar-refractivity contribution in [2.75, 3.05) is 0 Å². The maximum absolute atomic E-state index is 12.5. The summed E-state index contributed by atoms with van der Waals surface area (Å²) in [6.45, 7) is 9.83. The molecule has 1 aliphatic heterocycles. The van der Waals surface area contributed by atoms with Gasteiger partial charge in [0.05, 0.1) is 17.2 Å². The van der Waals surface area contributed by atoms with Crippen LogP contribution in [0.4, 0.5) is 0 Å². The molecule has 2 rings (SSSR count). The van der Waals surface area contributed by atoms with E-state index >= 15 is 0 Å². The number of carbonyl (C=O) groups is 2. The first kappa shape index (κ1) is 16.8. The number of nitriles is 1. The van der Waals surface area contributed by atoms with E-state index in [9.17, 15) is 14.9 Å². The summed E-state index contributed by atoms with van der Waals surface area (Å²) in [7, 11) is 0. The molecular formula is C18H21N3O2. The van der Waals surface area contributed by atoms with E-state index in [2.05, 4.69) is 17.2 Å². The lowest BCUT2D eigenvalue weighted by molar-refractivity contribution is -0.123. The van der Waals surface area contributed by atoms with Crippen molar-refractivity contribution in [1.82, 2.24) is 10.6 Å². The fraction of sp³-hybridized carbons (Fsp3) is 0.389. The van der Waals surface area contributed by atoms with E-state index in [0.717, 1.165) is 5.56 Å². The minimum absolute atomic E-state index is 0.136. The zero-order valence-electron chi connectivity index (χ0n) is 13.7. The molecule has 1 aliphatic rings. The first-order valence-electron chi connectivity index (χ1n) is 7.56. The molecule has 0 spiro atoms. The standard InChI is InChI=1S/C18H21N3O2/c1-11-5-8-15(17(23)20-11)21-16(22)14-9-13(18(2,3)4)7-6-12(14)10-19/h6-7,9,15H,1,5,8H2,2-4H3,(H,20,23)(H,21,22). The summed E-state index contributed by atoms with van der Waals surface area (Å²) in [6, 6.07) is 6.67. The van der Waals surface area contributed by atoms with Gasteiger partial charge in [0.2, 0.25) is 5.91 Å². The number of nitrogens with one attached hydrogen (secondary N) is 2. The summed E-state index contributed by atoms with van der Waals surface area (Å²) < 4.78 is 0. The SMILES string of the molecule is C=C1CCC(NC(=O)c2cc(C(C)(C)C)ccc2C#N)C(=O)N1. The lowest BCUT2D eigenvalue weighted by Crippen LogP contribution is -2.49. The topological polar surface area (TPSA) is 82.0 Å². The molecule has 1 unspecified atom stereocenters. The Morgan fingerprint density at radius 2 is 2.13 bits per heavy atom. The van der Waals surface area contributed by atoms with E-state index in [0.29, 0.717) is 29.7 Å². The summed E-state index contributed by atoms with van der Waals surface area (Å²) in [5.41, 5.74) is 2.09. The number of amides is 2. The lowest BCUT2D eigenvalue weighted by Gasteiger charge is -2.25. The summed E-state index contributed by atoms with van der Waals surface area (Å²) in [4.78, 5) is 24.4. The maximum atomic E-state index is 12.5. The first-order chi connectivity index (χ1) is 10.7. The van der Waals surface area contributed by atoms with Crippen LogP contribution in [0.3, 0.4) is 0 Å². The van der Waals surface area contributed by atoms with E-state index < -0.39 is 11.9 Å². The number of hydrogen-bond acceptors (Lipinski definition) is 3. The third-order valence-corrected chi connectivity index (χ3v) is 3.91. The van der Waals surface area contributed by atoms with Crippen LogP contribution in [0.15, 0.2) is 30.5 Å². The molecule has 2 N–H and O–H groups in total. The van der Waals surface area contributed by atoms with Crippen molar-refractivity contribution in [3.05, 3.63) is 47.2 Å². The highest BCUT2D eigenvalue weighted by Crippen LogP contribution is 2.24. The van der Waals surface area contributed by atoms with E-state index in [-0.39, 0.29) is 11.3 Å². The number of nitrogens with zero attached hydrogens (tertiary/aromatic N) is 1. The number of rotatable bonds is 2. The summed E-state index contributed by atoms with van der Waals surface area (Å²) >= 11 is 0. The van der Waals surface area contributed by atoms with Crippen molar-refractivity contribution in [2.24, 2.45) is 0 Å². The van der Waals surface area contributed by atoms with Gasteiger partial charge in [0.1, 0.15) is 6.04 Å². The highest BCUT2D eigenvalue weighted by atomic mass is 16.2. The second-order valence-electron chi connectivity index (χ2n) is 6.78. The second kappa shape index (κ2) is 6.25. The Hall–Kier alpha value is -2.61. The van der Waals surface area contributed by atoms with Gasteiger partial charge in [-0.05, 0) is 36.0 Å². The number of carbonyl (C=O) groups excluding carboxylic acids is 2. The molecule has 0 radical (unpaired) electrons. The fourth-order valence-corrected chi connectivity index (χ4v) is 2.44. The van der Waals surface area contributed by atoms with Gasteiger partial charge in [-0.3, -0.25) is 9.59 Å². The molecule has 1 fully saturated rings. The van der Waals surface area contributed by atoms with Crippen LogP contribution in [0.1, 0.15) is 55.1 Å². The maximum Gasteiger partial charge on any atom is 0.253 e. The molecule has 0 aromatic heterocycles. The van der Waals surface area contributed by atoms with Crippen molar-refractivity contribution >= 4 is 11.8 Å². The number of benzene rings is 1. The van der Waals surface area contributed by atoms with Crippen molar-refractivity contribution < 1.29 is 9.59 Å². The minimum Gasteiger partial charge on any atom is -0.340 e. The molecule has 1 atom stereocenters. The molecule has 5 heteroatoms. The summed E-state index contributed by atoms with van der Waals surface area (Å²) in [5, 5.41) is 14.6. The Morgan fingerprint density at radius 3 is 2.70 bits per heavy atom. The molecule has 2 amide bonds. The van der Waals surface area contributed by atoms with E-state index in [1.54, 1.807) is 12.1 Å². The molecular weight excluding hydrogens is 290 g/mol. The quantitative estimate of drug-likeness (QED) is 0.879. The highest BCUT2D eigenvalue weighted by Gasteiger charge is 2.27. The molecule has 1 saturated heterocycles. The minimum atomic E-state index is -0.599. The van der Waals surface area contributed by atoms with Crippen LogP contribution in [0.2, 0.25) is 0 Å². The van der Waals surface area contributed by atoms with Crippen LogP contribution in [0, 0.1) is 11.3 Å². The molecule has 1 heterocycles. The number of piperidine rings is 1. The van der Waals surface area contributed by atoms with Crippen LogP contribution < -0.4 is 10.6 Å². The summed E-state index contributed by atoms with van der Waals surface area (Å²) in [5.74, 6) is -0.666. The van der Waals surface area contributed by atoms with E-state index in [1.807, 2.05) is 32.9 Å². The van der Waals surface area contributed by atoms with Crippen molar-refractivity contribution in [1.29, 1.82) is 5.26 Å². The molecule has 0 bridgehead atoms. The van der Waals surface area contributed by atoms with Gasteiger partial charge in [0, 0.05) is 5.70 Å². The molecule has 0 aliphatic carbocycles. The Balaban J connectivity index is 2.26. The Kier molecular flexibility index (Phi) is 4.55. The summed E-state index contributed by atoms with van der Waals surface area (Å²) in [6.07, 6.45) is 1.14. The van der Waals surface area contributed by atoms with Crippen LogP contribution in [0.5, 0.6) is 0 Å². The Labute approximate surface area is 136 Å². The van der Waals surface area contributed by atoms with E-state index in [4.69, 9.17) is 0 Å². The Bertz CT molecular complexity index is 708. The molecule has 0 saturated carbocycles. The number of allylic oxidation sites excluding steroid dienone is 1. The zero-order chi connectivity index (χ0) is 17.2. The van der Waals surface area contributed by atoms with Crippen LogP contribution in [-0.4, -0.2) is 17.9 Å². The zero-order valence-corrected chi connectivity index (χ0v) is 13.7. The van der Waals surface area contributed by atoms with Crippen LogP contribution >= 0.6 is 0 Å². The van der Waals surface area contributed by atoms with Crippen LogP contribution in [0.25, 0.3) is 0 Å². The fourth-order valence-electron chi connectivity index (χ4n) is 2.44. The van der Waals surface area contributed by atoms with Gasteiger partial charge >= 0.3 is 0 Å². The predicted molar refractivity (Wildman–Crippen MR) is 87.6 cm³/mol. The largest absolute Gasteiger partial charge is 0.340 e. The van der Waals surface area contributed by atoms with Gasteiger partial charge in [0.25, 0.3) is 5.91 Å². The molecule has 120 valence electrons. The first-order valence-corrected chi connectivity index (χ1v) is 7.56. The number of hydrogen-bond donors (Lipinski definition) is 2. The van der Waals surface area contributed by atoms with Crippen molar-refractivity contribution in [3.63, 3.8) is 0 Å². The monoisotopic (exact) mass is 311 g/mol. The average molecular weight is 311 g/mol. The smallest absolute Gasteiger partial charge is 0.253 e. The average Bonchev–Trinajstić information content (AvgIpc) is 2.48. The molecule has 1 aromatic rings. The van der Waals surface area contributed by atoms with Gasteiger partial charge in [-0.15, -0.1) is 0 Å². The predicted octanol–water partition coefficient (Wildman–Crippen LogP) is 2.38.